The Morgan fingerprint density at radius 3 is 2.50 bits per heavy atom. The zero-order valence-electron chi connectivity index (χ0n) is 12.6. The van der Waals surface area contributed by atoms with Crippen LogP contribution in [0.2, 0.25) is 0 Å². The molecule has 0 aromatic heterocycles. The van der Waals surface area contributed by atoms with Gasteiger partial charge in [0.2, 0.25) is 0 Å². The van der Waals surface area contributed by atoms with Crippen molar-refractivity contribution in [3.05, 3.63) is 0 Å². The van der Waals surface area contributed by atoms with Gasteiger partial charge in [0, 0.05) is 6.04 Å². The molecule has 0 spiro atoms. The predicted octanol–water partition coefficient (Wildman–Crippen LogP) is 2.58. The van der Waals surface area contributed by atoms with Gasteiger partial charge in [-0.15, -0.1) is 0 Å². The highest BCUT2D eigenvalue weighted by Crippen LogP contribution is 2.28. The van der Waals surface area contributed by atoms with Crippen molar-refractivity contribution in [1.29, 1.82) is 0 Å². The molecule has 116 valence electrons. The zero-order chi connectivity index (χ0) is 15.3. The molecule has 0 unspecified atom stereocenters. The maximum absolute atomic E-state index is 13.5. The Balaban J connectivity index is 2.65. The van der Waals surface area contributed by atoms with E-state index in [-0.39, 0.29) is 19.0 Å². The number of amides is 1. The summed E-state index contributed by atoms with van der Waals surface area (Å²) in [7, 11) is 0. The van der Waals surface area contributed by atoms with Crippen molar-refractivity contribution in [2.24, 2.45) is 5.92 Å². The fourth-order valence-electron chi connectivity index (χ4n) is 2.27. The molecule has 1 N–H and O–H groups in total. The Morgan fingerprint density at radius 1 is 1.30 bits per heavy atom. The summed E-state index contributed by atoms with van der Waals surface area (Å²) in [6.45, 7) is 7.22. The van der Waals surface area contributed by atoms with Crippen LogP contribution < -0.4 is 5.32 Å². The molecule has 0 bridgehead atoms. The minimum Gasteiger partial charge on any atom is -0.466 e. The molecule has 1 aliphatic rings. The number of carbonyl (C=O) groups is 2. The smallest absolute Gasteiger partial charge is 0.407 e. The van der Waals surface area contributed by atoms with E-state index >= 15 is 0 Å². The lowest BCUT2D eigenvalue weighted by atomic mass is 9.83. The third-order valence-corrected chi connectivity index (χ3v) is 3.08. The predicted molar refractivity (Wildman–Crippen MR) is 72.0 cm³/mol. The van der Waals surface area contributed by atoms with E-state index in [9.17, 15) is 14.0 Å². The van der Waals surface area contributed by atoms with Gasteiger partial charge in [-0.3, -0.25) is 4.79 Å². The number of carbonyl (C=O) groups excluding carboxylic acids is 2. The second kappa shape index (κ2) is 6.90. The lowest BCUT2D eigenvalue weighted by Gasteiger charge is -2.32. The van der Waals surface area contributed by atoms with E-state index in [1.807, 2.05) is 0 Å². The van der Waals surface area contributed by atoms with Crippen molar-refractivity contribution in [2.45, 2.75) is 64.8 Å². The van der Waals surface area contributed by atoms with E-state index in [0.29, 0.717) is 12.8 Å². The number of alkyl halides is 1. The first kappa shape index (κ1) is 16.7. The number of nitrogens with one attached hydrogen (secondary N) is 1. The van der Waals surface area contributed by atoms with E-state index in [1.165, 1.54) is 0 Å². The van der Waals surface area contributed by atoms with Gasteiger partial charge in [-0.1, -0.05) is 0 Å². The van der Waals surface area contributed by atoms with Gasteiger partial charge in [-0.2, -0.15) is 0 Å². The third-order valence-electron chi connectivity index (χ3n) is 3.08. The Kier molecular flexibility index (Phi) is 5.77. The molecule has 0 aromatic rings. The van der Waals surface area contributed by atoms with Crippen LogP contribution >= 0.6 is 0 Å². The van der Waals surface area contributed by atoms with Crippen LogP contribution in [0, 0.1) is 5.92 Å². The minimum atomic E-state index is -1.01. The molecule has 1 rings (SSSR count). The maximum atomic E-state index is 13.5. The van der Waals surface area contributed by atoms with E-state index < -0.39 is 29.8 Å². The molecular weight excluding hydrogens is 265 g/mol. The van der Waals surface area contributed by atoms with Crippen LogP contribution in [-0.4, -0.2) is 36.5 Å². The number of halogens is 1. The molecule has 0 saturated heterocycles. The lowest BCUT2D eigenvalue weighted by molar-refractivity contribution is -0.150. The first-order valence-corrected chi connectivity index (χ1v) is 7.03. The van der Waals surface area contributed by atoms with Crippen LogP contribution in [0.1, 0.15) is 47.0 Å². The van der Waals surface area contributed by atoms with Crippen molar-refractivity contribution < 1.29 is 23.5 Å². The fraction of sp³-hybridized carbons (Fsp3) is 0.857. The van der Waals surface area contributed by atoms with E-state index in [2.05, 4.69) is 5.32 Å². The highest BCUT2D eigenvalue weighted by atomic mass is 19.1. The topological polar surface area (TPSA) is 64.6 Å². The van der Waals surface area contributed by atoms with E-state index in [1.54, 1.807) is 27.7 Å². The van der Waals surface area contributed by atoms with Crippen molar-refractivity contribution in [3.63, 3.8) is 0 Å². The van der Waals surface area contributed by atoms with Crippen molar-refractivity contribution in [3.8, 4) is 0 Å². The highest BCUT2D eigenvalue weighted by Gasteiger charge is 2.37. The summed E-state index contributed by atoms with van der Waals surface area (Å²) in [4.78, 5) is 23.6. The van der Waals surface area contributed by atoms with Gasteiger partial charge in [0.1, 0.15) is 11.8 Å². The quantitative estimate of drug-likeness (QED) is 0.811. The molecule has 0 radical (unpaired) electrons. The average molecular weight is 289 g/mol. The van der Waals surface area contributed by atoms with Gasteiger partial charge in [-0.25, -0.2) is 9.18 Å². The molecule has 1 fully saturated rings. The Morgan fingerprint density at radius 2 is 1.95 bits per heavy atom. The monoisotopic (exact) mass is 289 g/mol. The Hall–Kier alpha value is -1.33. The summed E-state index contributed by atoms with van der Waals surface area (Å²) in [5.41, 5.74) is -0.632. The lowest BCUT2D eigenvalue weighted by Crippen LogP contribution is -2.49. The molecule has 5 nitrogen and oxygen atoms in total. The number of hydrogen-bond acceptors (Lipinski definition) is 4. The van der Waals surface area contributed by atoms with E-state index in [0.717, 1.165) is 0 Å². The second-order valence-corrected chi connectivity index (χ2v) is 6.02. The molecular formula is C14H24FNO4. The number of ether oxygens (including phenoxy) is 2. The number of esters is 1. The van der Waals surface area contributed by atoms with Crippen molar-refractivity contribution in [1.82, 2.24) is 5.32 Å². The van der Waals surface area contributed by atoms with Gasteiger partial charge in [0.15, 0.2) is 0 Å². The van der Waals surface area contributed by atoms with Gasteiger partial charge >= 0.3 is 12.1 Å². The van der Waals surface area contributed by atoms with Crippen LogP contribution in [0.5, 0.6) is 0 Å². The summed E-state index contributed by atoms with van der Waals surface area (Å²) in [5, 5.41) is 2.59. The molecule has 1 saturated carbocycles. The molecule has 3 atom stereocenters. The number of alkyl carbamates (subject to hydrolysis) is 1. The summed E-state index contributed by atoms with van der Waals surface area (Å²) in [5.74, 6) is -0.894. The highest BCUT2D eigenvalue weighted by molar-refractivity contribution is 5.75. The Labute approximate surface area is 119 Å². The number of rotatable bonds is 3. The van der Waals surface area contributed by atoms with Crippen molar-refractivity contribution >= 4 is 12.1 Å². The fourth-order valence-corrected chi connectivity index (χ4v) is 2.27. The average Bonchev–Trinajstić information content (AvgIpc) is 2.26. The first-order chi connectivity index (χ1) is 9.23. The standard InChI is InChI=1S/C14H24FNO4/c1-5-19-12(17)10-7-6-9(15)8-11(10)16-13(18)20-14(2,3)4/h9-11H,5-8H2,1-4H3,(H,16,18)/t9-,10+,11+/m1/s1. The van der Waals surface area contributed by atoms with Gasteiger partial charge in [0.05, 0.1) is 12.5 Å². The van der Waals surface area contributed by atoms with E-state index in [4.69, 9.17) is 9.47 Å². The summed E-state index contributed by atoms with van der Waals surface area (Å²) in [6.07, 6.45) is -0.842. The largest absolute Gasteiger partial charge is 0.466 e. The SMILES string of the molecule is CCOC(=O)[C@H]1CC[C@@H](F)C[C@@H]1NC(=O)OC(C)(C)C. The van der Waals surface area contributed by atoms with Crippen molar-refractivity contribution in [2.75, 3.05) is 6.61 Å². The van der Waals surface area contributed by atoms with Gasteiger partial charge in [0.25, 0.3) is 0 Å². The Bertz CT molecular complexity index is 354. The van der Waals surface area contributed by atoms with Crippen LogP contribution in [0.15, 0.2) is 0 Å². The summed E-state index contributed by atoms with van der Waals surface area (Å²) < 4.78 is 23.6. The van der Waals surface area contributed by atoms with Crippen LogP contribution in [-0.2, 0) is 14.3 Å². The minimum absolute atomic E-state index is 0.114. The van der Waals surface area contributed by atoms with Crippen LogP contribution in [0.4, 0.5) is 9.18 Å². The summed E-state index contributed by atoms with van der Waals surface area (Å²) >= 11 is 0. The second-order valence-electron chi connectivity index (χ2n) is 6.02. The number of hydrogen-bond donors (Lipinski definition) is 1. The molecule has 20 heavy (non-hydrogen) atoms. The normalized spacial score (nSPS) is 26.8. The van der Waals surface area contributed by atoms with Crippen LogP contribution in [0.25, 0.3) is 0 Å². The molecule has 0 aliphatic heterocycles. The molecule has 1 aliphatic carbocycles. The van der Waals surface area contributed by atoms with Crippen LogP contribution in [0.3, 0.4) is 0 Å². The molecule has 0 aromatic carbocycles. The molecule has 6 heteroatoms. The summed E-state index contributed by atoms with van der Waals surface area (Å²) in [6, 6.07) is -0.576. The zero-order valence-corrected chi connectivity index (χ0v) is 12.6. The van der Waals surface area contributed by atoms with Gasteiger partial charge in [-0.05, 0) is 47.0 Å². The first-order valence-electron chi connectivity index (χ1n) is 7.03. The maximum Gasteiger partial charge on any atom is 0.407 e. The third kappa shape index (κ3) is 5.35. The van der Waals surface area contributed by atoms with Gasteiger partial charge < -0.3 is 14.8 Å². The molecule has 0 heterocycles. The molecule has 1 amide bonds.